The molecule has 6 heteroatoms. The van der Waals surface area contributed by atoms with Gasteiger partial charge in [0, 0.05) is 18.0 Å². The first-order valence-corrected chi connectivity index (χ1v) is 6.56. The van der Waals surface area contributed by atoms with Crippen molar-refractivity contribution < 1.29 is 23.8 Å². The van der Waals surface area contributed by atoms with Crippen molar-refractivity contribution in [2.45, 2.75) is 12.3 Å². The van der Waals surface area contributed by atoms with Crippen LogP contribution in [0.2, 0.25) is 0 Å². The van der Waals surface area contributed by atoms with Crippen LogP contribution in [0.25, 0.3) is 0 Å². The minimum Gasteiger partial charge on any atom is -0.468 e. The minimum absolute atomic E-state index is 0.164. The number of rotatable bonds is 2. The molecular weight excluding hydrogens is 274 g/mol. The molecule has 0 aromatic heterocycles. The Bertz CT molecular complexity index is 624. The average molecular weight is 289 g/mol. The number of hydrogen-bond acceptors (Lipinski definition) is 5. The summed E-state index contributed by atoms with van der Waals surface area (Å²) in [5.41, 5.74) is 1.19. The molecule has 0 aliphatic carbocycles. The van der Waals surface area contributed by atoms with Gasteiger partial charge in [0.05, 0.1) is 7.11 Å². The number of ether oxygens (including phenoxy) is 3. The largest absolute Gasteiger partial charge is 0.468 e. The number of nitrogens with one attached hydrogen (secondary N) is 1. The minimum atomic E-state index is -0.604. The molecule has 110 valence electrons. The Morgan fingerprint density at radius 1 is 1.38 bits per heavy atom. The number of hydrogen-bond donors (Lipinski definition) is 1. The van der Waals surface area contributed by atoms with Gasteiger partial charge in [-0.25, -0.2) is 0 Å². The third-order valence-corrected chi connectivity index (χ3v) is 3.76. The molecule has 1 aromatic rings. The molecule has 3 rings (SSSR count). The summed E-state index contributed by atoms with van der Waals surface area (Å²) >= 11 is 0. The first-order chi connectivity index (χ1) is 10.1. The molecule has 0 spiro atoms. The Morgan fingerprint density at radius 3 is 2.90 bits per heavy atom. The van der Waals surface area contributed by atoms with E-state index in [1.165, 1.54) is 7.11 Å². The quantitative estimate of drug-likeness (QED) is 0.831. The maximum absolute atomic E-state index is 12.0. The van der Waals surface area contributed by atoms with Gasteiger partial charge in [-0.2, -0.15) is 0 Å². The van der Waals surface area contributed by atoms with Crippen LogP contribution in [0.1, 0.15) is 17.9 Å². The second-order valence-corrected chi connectivity index (χ2v) is 5.00. The molecule has 0 saturated carbocycles. The number of esters is 1. The van der Waals surface area contributed by atoms with Crippen LogP contribution in [0, 0.1) is 5.92 Å². The van der Waals surface area contributed by atoms with Gasteiger partial charge in [-0.3, -0.25) is 9.59 Å². The molecule has 2 aliphatic heterocycles. The van der Waals surface area contributed by atoms with E-state index in [9.17, 15) is 9.59 Å². The highest BCUT2D eigenvalue weighted by molar-refractivity contribution is 5.86. The zero-order chi connectivity index (χ0) is 15.0. The van der Waals surface area contributed by atoms with Crippen LogP contribution in [0.15, 0.2) is 30.5 Å². The number of piperidine rings is 1. The Morgan fingerprint density at radius 2 is 2.14 bits per heavy atom. The van der Waals surface area contributed by atoms with Crippen LogP contribution in [0.4, 0.5) is 0 Å². The number of methoxy groups -OCH3 is 1. The van der Waals surface area contributed by atoms with Crippen molar-refractivity contribution in [3.05, 3.63) is 36.0 Å². The Balaban J connectivity index is 1.98. The standard InChI is InChI=1S/C15H15NO5/c1-8-14(15(18)19-2)10(6-13(17)16-8)9-3-4-11-12(5-9)21-7-20-11/h3-5,10,14H,1,6-7H2,2H3,(H,16,17). The molecule has 1 amide bonds. The van der Waals surface area contributed by atoms with Crippen molar-refractivity contribution in [3.63, 3.8) is 0 Å². The SMILES string of the molecule is C=C1NC(=O)CC(c2ccc3c(c2)OCO3)C1C(=O)OC. The van der Waals surface area contributed by atoms with E-state index >= 15 is 0 Å². The highest BCUT2D eigenvalue weighted by Crippen LogP contribution is 2.40. The molecule has 2 atom stereocenters. The van der Waals surface area contributed by atoms with Gasteiger partial charge < -0.3 is 19.5 Å². The fraction of sp³-hybridized carbons (Fsp3) is 0.333. The maximum atomic E-state index is 12.0. The molecule has 6 nitrogen and oxygen atoms in total. The predicted octanol–water partition coefficient (Wildman–Crippen LogP) is 1.32. The van der Waals surface area contributed by atoms with Crippen LogP contribution >= 0.6 is 0 Å². The number of fused-ring (bicyclic) bond motifs is 1. The van der Waals surface area contributed by atoms with Gasteiger partial charge in [-0.05, 0) is 17.7 Å². The fourth-order valence-electron chi connectivity index (χ4n) is 2.76. The summed E-state index contributed by atoms with van der Waals surface area (Å²) in [4.78, 5) is 23.8. The molecule has 21 heavy (non-hydrogen) atoms. The second kappa shape index (κ2) is 5.12. The van der Waals surface area contributed by atoms with E-state index in [-0.39, 0.29) is 25.0 Å². The second-order valence-electron chi connectivity index (χ2n) is 5.00. The zero-order valence-corrected chi connectivity index (χ0v) is 11.5. The van der Waals surface area contributed by atoms with Gasteiger partial charge in [0.2, 0.25) is 12.7 Å². The van der Waals surface area contributed by atoms with Crippen molar-refractivity contribution in [1.82, 2.24) is 5.32 Å². The fourth-order valence-corrected chi connectivity index (χ4v) is 2.76. The Kier molecular flexibility index (Phi) is 3.29. The first-order valence-electron chi connectivity index (χ1n) is 6.56. The highest BCUT2D eigenvalue weighted by Gasteiger charge is 2.39. The van der Waals surface area contributed by atoms with Crippen LogP contribution in [-0.2, 0) is 14.3 Å². The first kappa shape index (κ1) is 13.5. The lowest BCUT2D eigenvalue weighted by Crippen LogP contribution is -2.41. The molecule has 1 saturated heterocycles. The molecule has 1 aromatic carbocycles. The Labute approximate surface area is 121 Å². The summed E-state index contributed by atoms with van der Waals surface area (Å²) < 4.78 is 15.4. The van der Waals surface area contributed by atoms with Gasteiger partial charge in [0.1, 0.15) is 5.92 Å². The molecule has 2 unspecified atom stereocenters. The van der Waals surface area contributed by atoms with E-state index in [1.807, 2.05) is 6.07 Å². The summed E-state index contributed by atoms with van der Waals surface area (Å²) in [5.74, 6) is -0.230. The zero-order valence-electron chi connectivity index (χ0n) is 11.5. The predicted molar refractivity (Wildman–Crippen MR) is 72.7 cm³/mol. The molecule has 2 heterocycles. The number of benzene rings is 1. The van der Waals surface area contributed by atoms with Crippen LogP contribution in [0.5, 0.6) is 11.5 Å². The van der Waals surface area contributed by atoms with E-state index < -0.39 is 11.9 Å². The lowest BCUT2D eigenvalue weighted by atomic mass is 9.79. The van der Waals surface area contributed by atoms with Crippen molar-refractivity contribution in [3.8, 4) is 11.5 Å². The smallest absolute Gasteiger partial charge is 0.315 e. The third kappa shape index (κ3) is 2.33. The highest BCUT2D eigenvalue weighted by atomic mass is 16.7. The molecular formula is C15H15NO5. The van der Waals surface area contributed by atoms with Crippen molar-refractivity contribution in [2.75, 3.05) is 13.9 Å². The van der Waals surface area contributed by atoms with Crippen LogP contribution < -0.4 is 14.8 Å². The summed E-state index contributed by atoms with van der Waals surface area (Å²) in [6.45, 7) is 3.95. The van der Waals surface area contributed by atoms with E-state index in [4.69, 9.17) is 14.2 Å². The van der Waals surface area contributed by atoms with E-state index in [0.717, 1.165) is 5.56 Å². The molecule has 0 bridgehead atoms. The monoisotopic (exact) mass is 289 g/mol. The summed E-state index contributed by atoms with van der Waals surface area (Å²) in [6, 6.07) is 5.41. The van der Waals surface area contributed by atoms with Crippen LogP contribution in [0.3, 0.4) is 0 Å². The van der Waals surface area contributed by atoms with Gasteiger partial charge in [-0.15, -0.1) is 0 Å². The topological polar surface area (TPSA) is 73.9 Å². The van der Waals surface area contributed by atoms with Crippen molar-refractivity contribution in [1.29, 1.82) is 0 Å². The Hall–Kier alpha value is -2.50. The van der Waals surface area contributed by atoms with E-state index in [1.54, 1.807) is 12.1 Å². The van der Waals surface area contributed by atoms with Gasteiger partial charge in [0.15, 0.2) is 11.5 Å². The van der Waals surface area contributed by atoms with Crippen LogP contribution in [-0.4, -0.2) is 25.8 Å². The van der Waals surface area contributed by atoms with Crippen molar-refractivity contribution >= 4 is 11.9 Å². The number of amides is 1. The number of carbonyl (C=O) groups is 2. The van der Waals surface area contributed by atoms with Crippen molar-refractivity contribution in [2.24, 2.45) is 5.92 Å². The molecule has 2 aliphatic rings. The molecule has 1 N–H and O–H groups in total. The molecule has 0 radical (unpaired) electrons. The maximum Gasteiger partial charge on any atom is 0.315 e. The normalized spacial score (nSPS) is 23.7. The van der Waals surface area contributed by atoms with Gasteiger partial charge >= 0.3 is 5.97 Å². The van der Waals surface area contributed by atoms with Gasteiger partial charge in [0.25, 0.3) is 0 Å². The number of carbonyl (C=O) groups excluding carboxylic acids is 2. The molecule has 1 fully saturated rings. The lowest BCUT2D eigenvalue weighted by Gasteiger charge is -2.31. The summed E-state index contributed by atoms with van der Waals surface area (Å²) in [5, 5.41) is 2.61. The summed E-state index contributed by atoms with van der Waals surface area (Å²) in [7, 11) is 1.32. The third-order valence-electron chi connectivity index (χ3n) is 3.76. The summed E-state index contributed by atoms with van der Waals surface area (Å²) in [6.07, 6.45) is 0.193. The van der Waals surface area contributed by atoms with E-state index in [2.05, 4.69) is 11.9 Å². The average Bonchev–Trinajstić information content (AvgIpc) is 2.93. The van der Waals surface area contributed by atoms with E-state index in [0.29, 0.717) is 17.2 Å². The van der Waals surface area contributed by atoms with Gasteiger partial charge in [-0.1, -0.05) is 12.6 Å². The lowest BCUT2D eigenvalue weighted by molar-refractivity contribution is -0.146.